The molecule has 1 unspecified atom stereocenters. The first-order valence-corrected chi connectivity index (χ1v) is 7.76. The maximum Gasteiger partial charge on any atom is 0.194 e. The molecular weight excluding hydrogens is 326 g/mol. The summed E-state index contributed by atoms with van der Waals surface area (Å²) in [5.74, 6) is -0.0752. The third kappa shape index (κ3) is 2.22. The normalized spacial score (nSPS) is 20.2. The monoisotopic (exact) mass is 339 g/mol. The summed E-state index contributed by atoms with van der Waals surface area (Å²) in [4.78, 5) is 12.8. The van der Waals surface area contributed by atoms with Crippen molar-refractivity contribution < 1.29 is 15.2 Å². The minimum Gasteiger partial charge on any atom is -0.595 e. The van der Waals surface area contributed by atoms with E-state index in [0.29, 0.717) is 27.5 Å². The lowest BCUT2D eigenvalue weighted by Crippen LogP contribution is -2.99. The summed E-state index contributed by atoms with van der Waals surface area (Å²) in [6.07, 6.45) is 0. The second-order valence-electron chi connectivity index (χ2n) is 5.63. The number of fused-ring (bicyclic) bond motifs is 2. The van der Waals surface area contributed by atoms with Crippen LogP contribution in [-0.2, 0) is 0 Å². The lowest BCUT2D eigenvalue weighted by atomic mass is 9.94. The Balaban J connectivity index is 1.86. The fourth-order valence-corrected chi connectivity index (χ4v) is 3.39. The molecule has 2 aliphatic rings. The number of Topliss-reactive ketones (excluding diaryl/α,β-unsaturated/α-hetero) is 1. The molecule has 4 rings (SSSR count). The number of quaternary nitrogens is 1. The zero-order valence-corrected chi connectivity index (χ0v) is 13.2. The molecule has 120 valence electrons. The molecule has 0 radical (unpaired) electrons. The quantitative estimate of drug-likeness (QED) is 0.486. The predicted molar refractivity (Wildman–Crippen MR) is 91.5 cm³/mol. The van der Waals surface area contributed by atoms with Gasteiger partial charge in [0.25, 0.3) is 0 Å². The zero-order chi connectivity index (χ0) is 16.8. The van der Waals surface area contributed by atoms with E-state index in [-0.39, 0.29) is 11.5 Å². The van der Waals surface area contributed by atoms with Crippen LogP contribution in [-0.4, -0.2) is 16.1 Å². The molecule has 2 aromatic rings. The molecule has 4 N–H and O–H groups in total. The fourth-order valence-electron chi connectivity index (χ4n) is 3.17. The molecule has 0 saturated carbocycles. The van der Waals surface area contributed by atoms with Crippen LogP contribution in [0.3, 0.4) is 0 Å². The molecule has 2 aromatic carbocycles. The van der Waals surface area contributed by atoms with Crippen LogP contribution in [0.4, 0.5) is 5.69 Å². The molecule has 6 nitrogen and oxygen atoms in total. The van der Waals surface area contributed by atoms with Crippen molar-refractivity contribution in [3.05, 3.63) is 76.0 Å². The van der Waals surface area contributed by atoms with Gasteiger partial charge < -0.3 is 15.8 Å². The molecule has 1 aliphatic heterocycles. The van der Waals surface area contributed by atoms with E-state index in [9.17, 15) is 15.2 Å². The highest BCUT2D eigenvalue weighted by molar-refractivity contribution is 7.80. The van der Waals surface area contributed by atoms with Gasteiger partial charge in [0.1, 0.15) is 0 Å². The van der Waals surface area contributed by atoms with Crippen molar-refractivity contribution in [1.82, 2.24) is 10.6 Å². The summed E-state index contributed by atoms with van der Waals surface area (Å²) in [5, 5.41) is 26.0. The average Bonchev–Trinajstić information content (AvgIpc) is 2.87. The highest BCUT2D eigenvalue weighted by Gasteiger charge is 2.38. The average molecular weight is 339 g/mol. The van der Waals surface area contributed by atoms with Crippen molar-refractivity contribution in [3.8, 4) is 0 Å². The summed E-state index contributed by atoms with van der Waals surface area (Å²) in [5.41, 5.74) is 3.57. The minimum absolute atomic E-state index is 0.0752. The predicted octanol–water partition coefficient (Wildman–Crippen LogP) is 1.22. The lowest BCUT2D eigenvalue weighted by molar-refractivity contribution is -0.991. The molecule has 0 aromatic heterocycles. The van der Waals surface area contributed by atoms with Crippen molar-refractivity contribution >= 4 is 34.5 Å². The molecule has 0 fully saturated rings. The largest absolute Gasteiger partial charge is 0.595 e. The number of carbonyl (C=O) groups excluding carboxylic acids is 1. The topological polar surface area (TPSA) is 88.9 Å². The molecular formula is C17H13N3O3S. The molecule has 0 saturated heterocycles. The van der Waals surface area contributed by atoms with Gasteiger partial charge >= 0.3 is 0 Å². The van der Waals surface area contributed by atoms with Crippen molar-refractivity contribution in [2.45, 2.75) is 6.04 Å². The van der Waals surface area contributed by atoms with E-state index < -0.39 is 11.3 Å². The summed E-state index contributed by atoms with van der Waals surface area (Å²) in [7, 11) is 0. The molecule has 0 amide bonds. The van der Waals surface area contributed by atoms with E-state index >= 15 is 0 Å². The molecule has 1 aliphatic carbocycles. The van der Waals surface area contributed by atoms with Gasteiger partial charge in [-0.3, -0.25) is 4.79 Å². The molecule has 1 heterocycles. The molecule has 24 heavy (non-hydrogen) atoms. The van der Waals surface area contributed by atoms with Crippen LogP contribution < -0.4 is 15.9 Å². The molecule has 7 heteroatoms. The first-order valence-electron chi connectivity index (χ1n) is 7.35. The molecule has 2 atom stereocenters. The summed E-state index contributed by atoms with van der Waals surface area (Å²) < 4.78 is 0. The van der Waals surface area contributed by atoms with Gasteiger partial charge in [0.2, 0.25) is 0 Å². The number of thiocarbonyl (C=S) groups is 1. The maximum absolute atomic E-state index is 12.8. The van der Waals surface area contributed by atoms with Gasteiger partial charge in [0.15, 0.2) is 16.6 Å². The van der Waals surface area contributed by atoms with Gasteiger partial charge in [-0.1, -0.05) is 36.4 Å². The van der Waals surface area contributed by atoms with Crippen molar-refractivity contribution in [3.63, 3.8) is 0 Å². The van der Waals surface area contributed by atoms with E-state index in [1.165, 1.54) is 6.07 Å². The Kier molecular flexibility index (Phi) is 3.43. The third-order valence-electron chi connectivity index (χ3n) is 4.22. The van der Waals surface area contributed by atoms with E-state index in [2.05, 4.69) is 10.6 Å². The minimum atomic E-state index is -1.01. The number of hydrogen-bond acceptors (Lipinski definition) is 4. The van der Waals surface area contributed by atoms with Crippen LogP contribution >= 0.6 is 12.2 Å². The Bertz CT molecular complexity index is 907. The Morgan fingerprint density at radius 3 is 2.62 bits per heavy atom. The van der Waals surface area contributed by atoms with Gasteiger partial charge in [0, 0.05) is 23.3 Å². The number of hydrogen-bond donors (Lipinski definition) is 4. The van der Waals surface area contributed by atoms with Crippen LogP contribution in [0.25, 0.3) is 5.70 Å². The number of ketones is 1. The van der Waals surface area contributed by atoms with Crippen molar-refractivity contribution in [2.24, 2.45) is 0 Å². The second-order valence-corrected chi connectivity index (χ2v) is 6.03. The summed E-state index contributed by atoms with van der Waals surface area (Å²) >= 11 is 5.27. The van der Waals surface area contributed by atoms with Gasteiger partial charge in [-0.05, 0) is 17.8 Å². The Morgan fingerprint density at radius 2 is 1.88 bits per heavy atom. The highest BCUT2D eigenvalue weighted by Crippen LogP contribution is 2.39. The Morgan fingerprint density at radius 1 is 1.12 bits per heavy atom. The first-order chi connectivity index (χ1) is 11.6. The smallest absolute Gasteiger partial charge is 0.194 e. The third-order valence-corrected chi connectivity index (χ3v) is 4.44. The standard InChI is InChI=1S/C17H13N3O3S/c21-16-12-7-2-1-6-11(12)15-13(16)14(18-17(24)19-15)9-4-3-5-10(8-9)20(22)23/h1-8,14,20,22H,(H2,18,19,24)/t14-/m1/s1. The summed E-state index contributed by atoms with van der Waals surface area (Å²) in [6, 6.07) is 13.4. The SMILES string of the molecule is O=C1C2=C(NC(=S)N[C@@H]2c2cccc([NH+]([O-])O)c2)c2ccccc21. The molecule has 0 bridgehead atoms. The van der Waals surface area contributed by atoms with E-state index in [4.69, 9.17) is 12.2 Å². The lowest BCUT2D eigenvalue weighted by Gasteiger charge is -2.28. The number of carbonyl (C=O) groups is 1. The summed E-state index contributed by atoms with van der Waals surface area (Å²) in [6.45, 7) is 0. The van der Waals surface area contributed by atoms with E-state index in [1.54, 1.807) is 24.3 Å². The Labute approximate surface area is 142 Å². The highest BCUT2D eigenvalue weighted by atomic mass is 32.1. The van der Waals surface area contributed by atoms with Gasteiger partial charge in [-0.25, -0.2) is 5.21 Å². The van der Waals surface area contributed by atoms with Gasteiger partial charge in [-0.15, -0.1) is 0 Å². The second kappa shape index (κ2) is 5.50. The number of nitrogens with one attached hydrogen (secondary N) is 3. The zero-order valence-electron chi connectivity index (χ0n) is 12.4. The van der Waals surface area contributed by atoms with Gasteiger partial charge in [0.05, 0.1) is 17.3 Å². The number of rotatable bonds is 2. The van der Waals surface area contributed by atoms with Crippen LogP contribution in [0.1, 0.15) is 27.5 Å². The van der Waals surface area contributed by atoms with Crippen molar-refractivity contribution in [2.75, 3.05) is 0 Å². The van der Waals surface area contributed by atoms with Crippen LogP contribution in [0.2, 0.25) is 0 Å². The van der Waals surface area contributed by atoms with Crippen LogP contribution in [0.5, 0.6) is 0 Å². The number of benzene rings is 2. The van der Waals surface area contributed by atoms with Gasteiger partial charge in [-0.2, -0.15) is 5.23 Å². The molecule has 0 spiro atoms. The first kappa shape index (κ1) is 15.0. The van der Waals surface area contributed by atoms with E-state index in [0.717, 1.165) is 5.56 Å². The Hall–Kier alpha value is -2.58. The van der Waals surface area contributed by atoms with Crippen LogP contribution in [0.15, 0.2) is 54.1 Å². The van der Waals surface area contributed by atoms with E-state index in [1.807, 2.05) is 18.2 Å². The van der Waals surface area contributed by atoms with Crippen molar-refractivity contribution in [1.29, 1.82) is 0 Å². The maximum atomic E-state index is 12.8. The fraction of sp³-hybridized carbons (Fsp3) is 0.0588. The van der Waals surface area contributed by atoms with Crippen LogP contribution in [0, 0.1) is 5.21 Å².